The molecule has 0 unspecified atom stereocenters. The smallest absolute Gasteiger partial charge is 0.236 e. The highest BCUT2D eigenvalue weighted by Gasteiger charge is 2.31. The monoisotopic (exact) mass is 396 g/mol. The zero-order valence-electron chi connectivity index (χ0n) is 15.2. The predicted molar refractivity (Wildman–Crippen MR) is 107 cm³/mol. The molecule has 2 aromatic carbocycles. The van der Waals surface area contributed by atoms with Crippen molar-refractivity contribution in [2.75, 3.05) is 31.2 Å². The summed E-state index contributed by atoms with van der Waals surface area (Å²) in [6.07, 6.45) is 3.52. The number of benzene rings is 2. The van der Waals surface area contributed by atoms with Gasteiger partial charge in [0.25, 0.3) is 0 Å². The van der Waals surface area contributed by atoms with Crippen LogP contribution in [0.2, 0.25) is 0 Å². The molecule has 0 atom stereocenters. The Morgan fingerprint density at radius 2 is 1.54 bits per heavy atom. The topological polar surface area (TPSA) is 72.6 Å². The molecule has 0 saturated carbocycles. The van der Waals surface area contributed by atoms with E-state index in [1.54, 1.807) is 36.4 Å². The summed E-state index contributed by atoms with van der Waals surface area (Å²) in [4.78, 5) is 6.38. The lowest BCUT2D eigenvalue weighted by atomic mass is 10.2. The van der Waals surface area contributed by atoms with Crippen LogP contribution in [0.15, 0.2) is 75.0 Å². The van der Waals surface area contributed by atoms with Crippen LogP contribution in [0.5, 0.6) is 0 Å². The van der Waals surface area contributed by atoms with Crippen molar-refractivity contribution in [3.05, 3.63) is 72.1 Å². The largest absolute Gasteiger partial charge is 0.420 e. The van der Waals surface area contributed by atoms with Crippen LogP contribution >= 0.6 is 0 Å². The molecule has 2 heterocycles. The Hall–Kier alpha value is -2.90. The van der Waals surface area contributed by atoms with Crippen LogP contribution in [0.25, 0.3) is 12.2 Å². The maximum absolute atomic E-state index is 13.2. The van der Waals surface area contributed by atoms with Gasteiger partial charge in [0.05, 0.1) is 18.1 Å². The van der Waals surface area contributed by atoms with Crippen LogP contribution in [-0.2, 0) is 14.6 Å². The summed E-state index contributed by atoms with van der Waals surface area (Å²) in [5.74, 6) is 0.514. The molecule has 1 saturated heterocycles. The van der Waals surface area contributed by atoms with Gasteiger partial charge in [-0.3, -0.25) is 0 Å². The molecule has 0 N–H and O–H groups in total. The van der Waals surface area contributed by atoms with Gasteiger partial charge >= 0.3 is 0 Å². The zero-order chi connectivity index (χ0) is 19.4. The fourth-order valence-electron chi connectivity index (χ4n) is 2.97. The van der Waals surface area contributed by atoms with Gasteiger partial charge in [-0.05, 0) is 23.8 Å². The normalized spacial score (nSPS) is 15.2. The van der Waals surface area contributed by atoms with Crippen LogP contribution in [0.4, 0.5) is 5.88 Å². The molecule has 1 aliphatic heterocycles. The first kappa shape index (κ1) is 18.5. The van der Waals surface area contributed by atoms with E-state index in [9.17, 15) is 8.42 Å². The van der Waals surface area contributed by atoms with Gasteiger partial charge in [0.1, 0.15) is 0 Å². The van der Waals surface area contributed by atoms with Crippen molar-refractivity contribution < 1.29 is 17.6 Å². The highest BCUT2D eigenvalue weighted by atomic mass is 32.2. The lowest BCUT2D eigenvalue weighted by molar-refractivity contribution is 0.120. The number of nitrogens with zero attached hydrogens (tertiary/aromatic N) is 2. The molecular formula is C21H20N2O4S. The van der Waals surface area contributed by atoms with E-state index in [1.165, 1.54) is 0 Å². The minimum absolute atomic E-state index is 0.0617. The standard InChI is InChI=1S/C21H20N2O4S/c24-28(25,18-9-5-2-6-10-18)20-21(23-13-15-26-16-14-23)27-19(22-20)12-11-17-7-3-1-4-8-17/h1-12H,13-16H2/b12-11+. The molecule has 3 aromatic rings. The number of aromatic nitrogens is 1. The number of rotatable bonds is 5. The molecule has 6 nitrogen and oxygen atoms in total. The Morgan fingerprint density at radius 3 is 2.21 bits per heavy atom. The second-order valence-corrected chi connectivity index (χ2v) is 8.19. The van der Waals surface area contributed by atoms with Gasteiger partial charge in [-0.15, -0.1) is 0 Å². The quantitative estimate of drug-likeness (QED) is 0.657. The number of hydrogen-bond donors (Lipinski definition) is 0. The molecule has 0 radical (unpaired) electrons. The molecule has 0 spiro atoms. The minimum atomic E-state index is -3.80. The van der Waals surface area contributed by atoms with Crippen LogP contribution < -0.4 is 4.90 Å². The summed E-state index contributed by atoms with van der Waals surface area (Å²) in [6, 6.07) is 18.0. The number of sulfone groups is 1. The van der Waals surface area contributed by atoms with E-state index in [2.05, 4.69) is 4.98 Å². The van der Waals surface area contributed by atoms with Crippen molar-refractivity contribution in [2.24, 2.45) is 0 Å². The summed E-state index contributed by atoms with van der Waals surface area (Å²) in [5, 5.41) is -0.0617. The van der Waals surface area contributed by atoms with Crippen molar-refractivity contribution >= 4 is 27.9 Å². The van der Waals surface area contributed by atoms with Crippen molar-refractivity contribution in [1.29, 1.82) is 0 Å². The van der Waals surface area contributed by atoms with Gasteiger partial charge < -0.3 is 14.1 Å². The molecule has 1 aliphatic rings. The van der Waals surface area contributed by atoms with E-state index < -0.39 is 9.84 Å². The van der Waals surface area contributed by atoms with Crippen molar-refractivity contribution in [3.8, 4) is 0 Å². The highest BCUT2D eigenvalue weighted by molar-refractivity contribution is 7.91. The van der Waals surface area contributed by atoms with Gasteiger partial charge in [0.2, 0.25) is 26.6 Å². The minimum Gasteiger partial charge on any atom is -0.420 e. The number of anilines is 1. The van der Waals surface area contributed by atoms with Crippen molar-refractivity contribution in [1.82, 2.24) is 4.98 Å². The number of morpholine rings is 1. The third kappa shape index (κ3) is 3.85. The highest BCUT2D eigenvalue weighted by Crippen LogP contribution is 2.32. The zero-order valence-corrected chi connectivity index (χ0v) is 16.0. The summed E-state index contributed by atoms with van der Waals surface area (Å²) in [7, 11) is -3.80. The van der Waals surface area contributed by atoms with Crippen molar-refractivity contribution in [3.63, 3.8) is 0 Å². The molecule has 0 aliphatic carbocycles. The fourth-order valence-corrected chi connectivity index (χ4v) is 4.32. The average Bonchev–Trinajstić information content (AvgIpc) is 3.20. The van der Waals surface area contributed by atoms with Crippen LogP contribution in [-0.4, -0.2) is 39.7 Å². The Kier molecular flexibility index (Phi) is 5.27. The van der Waals surface area contributed by atoms with Gasteiger partial charge in [-0.25, -0.2) is 8.42 Å². The number of hydrogen-bond acceptors (Lipinski definition) is 6. The molecule has 0 bridgehead atoms. The van der Waals surface area contributed by atoms with E-state index in [-0.39, 0.29) is 21.7 Å². The fraction of sp³-hybridized carbons (Fsp3) is 0.190. The van der Waals surface area contributed by atoms with Gasteiger partial charge in [0, 0.05) is 19.2 Å². The molecule has 144 valence electrons. The summed E-state index contributed by atoms with van der Waals surface area (Å²) < 4.78 is 37.6. The van der Waals surface area contributed by atoms with Gasteiger partial charge in [-0.1, -0.05) is 48.5 Å². The van der Waals surface area contributed by atoms with E-state index in [0.717, 1.165) is 5.56 Å². The number of ether oxygens (including phenoxy) is 1. The lowest BCUT2D eigenvalue weighted by Crippen LogP contribution is -2.36. The van der Waals surface area contributed by atoms with E-state index >= 15 is 0 Å². The molecular weight excluding hydrogens is 376 g/mol. The Labute approximate surface area is 164 Å². The predicted octanol–water partition coefficient (Wildman–Crippen LogP) is 3.51. The summed E-state index contributed by atoms with van der Waals surface area (Å²) in [6.45, 7) is 2.13. The van der Waals surface area contributed by atoms with E-state index in [1.807, 2.05) is 41.3 Å². The Morgan fingerprint density at radius 1 is 0.893 bits per heavy atom. The van der Waals surface area contributed by atoms with Gasteiger partial charge in [0.15, 0.2) is 0 Å². The average molecular weight is 396 g/mol. The molecule has 1 fully saturated rings. The van der Waals surface area contributed by atoms with Crippen LogP contribution in [0, 0.1) is 0 Å². The van der Waals surface area contributed by atoms with Crippen LogP contribution in [0.1, 0.15) is 11.5 Å². The first-order valence-electron chi connectivity index (χ1n) is 9.01. The maximum atomic E-state index is 13.2. The second kappa shape index (κ2) is 8.00. The molecule has 1 aromatic heterocycles. The first-order chi connectivity index (χ1) is 13.6. The second-order valence-electron chi connectivity index (χ2n) is 6.32. The SMILES string of the molecule is O=S(=O)(c1ccccc1)c1nc(/C=C/c2ccccc2)oc1N1CCOCC1. The van der Waals surface area contributed by atoms with E-state index in [0.29, 0.717) is 26.3 Å². The van der Waals surface area contributed by atoms with Gasteiger partial charge in [-0.2, -0.15) is 4.98 Å². The molecule has 0 amide bonds. The maximum Gasteiger partial charge on any atom is 0.236 e. The summed E-state index contributed by atoms with van der Waals surface area (Å²) >= 11 is 0. The third-order valence-electron chi connectivity index (χ3n) is 4.42. The Balaban J connectivity index is 1.75. The Bertz CT molecular complexity index is 1050. The first-order valence-corrected chi connectivity index (χ1v) is 10.5. The molecule has 28 heavy (non-hydrogen) atoms. The van der Waals surface area contributed by atoms with Crippen molar-refractivity contribution in [2.45, 2.75) is 9.92 Å². The van der Waals surface area contributed by atoms with Crippen LogP contribution in [0.3, 0.4) is 0 Å². The lowest BCUT2D eigenvalue weighted by Gasteiger charge is -2.26. The van der Waals surface area contributed by atoms with E-state index in [4.69, 9.17) is 9.15 Å². The molecule has 4 rings (SSSR count). The molecule has 7 heteroatoms. The third-order valence-corrected chi connectivity index (χ3v) is 6.09. The summed E-state index contributed by atoms with van der Waals surface area (Å²) in [5.41, 5.74) is 0.973. The number of oxazole rings is 1.